The molecule has 1 aromatic heterocycles. The van der Waals surface area contributed by atoms with Gasteiger partial charge in [0.1, 0.15) is 0 Å². The first-order valence-electron chi connectivity index (χ1n) is 3.14. The van der Waals surface area contributed by atoms with Gasteiger partial charge in [0.05, 0.1) is 0 Å². The quantitative estimate of drug-likeness (QED) is 0.572. The molecule has 0 N–H and O–H groups in total. The van der Waals surface area contributed by atoms with Crippen molar-refractivity contribution in [1.82, 2.24) is 9.78 Å². The van der Waals surface area contributed by atoms with Crippen LogP contribution in [-0.2, 0) is 7.05 Å². The maximum atomic E-state index is 12.9. The number of nitrogens with zero attached hydrogens (tertiary/aromatic N) is 2. The molecule has 0 aliphatic heterocycles. The second-order valence-corrected chi connectivity index (χ2v) is 3.85. The highest BCUT2D eigenvalue weighted by atomic mass is 33.1. The molecule has 0 saturated carbocycles. The van der Waals surface area contributed by atoms with E-state index >= 15 is 0 Å². The predicted octanol–water partition coefficient (Wildman–Crippen LogP) is 2.20. The average Bonchev–Trinajstić information content (AvgIpc) is 2.28. The van der Waals surface area contributed by atoms with E-state index in [1.807, 2.05) is 6.92 Å². The van der Waals surface area contributed by atoms with Crippen LogP contribution in [0.2, 0.25) is 0 Å². The fraction of sp³-hybridized carbons (Fsp3) is 0.500. The summed E-state index contributed by atoms with van der Waals surface area (Å²) in [6.45, 7) is 1.89. The van der Waals surface area contributed by atoms with E-state index < -0.39 is 5.95 Å². The number of rotatable bonds is 2. The maximum Gasteiger partial charge on any atom is 0.236 e. The third-order valence-corrected chi connectivity index (χ3v) is 2.92. The molecular formula is C6H9FN2S2. The Labute approximate surface area is 74.0 Å². The van der Waals surface area contributed by atoms with Crippen LogP contribution >= 0.6 is 22.5 Å². The number of thiol groups is 1. The van der Waals surface area contributed by atoms with Crippen molar-refractivity contribution < 1.29 is 4.39 Å². The molecular weight excluding hydrogens is 183 g/mol. The van der Waals surface area contributed by atoms with Crippen molar-refractivity contribution in [2.75, 3.05) is 0 Å². The van der Waals surface area contributed by atoms with E-state index in [0.717, 1.165) is 0 Å². The Hall–Kier alpha value is -0.160. The minimum Gasteiger partial charge on any atom is -0.273 e. The van der Waals surface area contributed by atoms with E-state index in [0.29, 0.717) is 5.56 Å². The van der Waals surface area contributed by atoms with Crippen LogP contribution in [0, 0.1) is 5.95 Å². The maximum absolute atomic E-state index is 12.9. The van der Waals surface area contributed by atoms with Crippen molar-refractivity contribution >= 4 is 22.5 Å². The largest absolute Gasteiger partial charge is 0.273 e. The fourth-order valence-corrected chi connectivity index (χ4v) is 1.42. The van der Waals surface area contributed by atoms with Gasteiger partial charge in [-0.1, -0.05) is 10.8 Å². The lowest BCUT2D eigenvalue weighted by Crippen LogP contribution is -1.87. The highest BCUT2D eigenvalue weighted by Crippen LogP contribution is 2.31. The number of halogens is 1. The van der Waals surface area contributed by atoms with Crippen LogP contribution in [-0.4, -0.2) is 9.78 Å². The SMILES string of the molecule is CC(SS)c1cn(C)nc1F. The molecule has 0 saturated heterocycles. The second-order valence-electron chi connectivity index (χ2n) is 2.30. The second kappa shape index (κ2) is 3.49. The van der Waals surface area contributed by atoms with Crippen molar-refractivity contribution in [2.24, 2.45) is 7.05 Å². The summed E-state index contributed by atoms with van der Waals surface area (Å²) >= 11 is 4.00. The molecule has 0 spiro atoms. The van der Waals surface area contributed by atoms with Gasteiger partial charge < -0.3 is 0 Å². The standard InChI is InChI=1S/C6H9FN2S2/c1-4(11-10)5-3-9(2)8-6(5)7/h3-4,10H,1-2H3. The Morgan fingerprint density at radius 3 is 2.82 bits per heavy atom. The summed E-state index contributed by atoms with van der Waals surface area (Å²) in [7, 11) is 3.00. The molecule has 1 atom stereocenters. The van der Waals surface area contributed by atoms with Gasteiger partial charge in [-0.05, 0) is 6.92 Å². The van der Waals surface area contributed by atoms with Crippen LogP contribution < -0.4 is 0 Å². The summed E-state index contributed by atoms with van der Waals surface area (Å²) < 4.78 is 14.3. The van der Waals surface area contributed by atoms with Gasteiger partial charge in [-0.2, -0.15) is 4.39 Å². The van der Waals surface area contributed by atoms with E-state index in [1.165, 1.54) is 15.5 Å². The summed E-state index contributed by atoms with van der Waals surface area (Å²) in [6, 6.07) is 0. The van der Waals surface area contributed by atoms with E-state index in [9.17, 15) is 4.39 Å². The summed E-state index contributed by atoms with van der Waals surface area (Å²) in [6.07, 6.45) is 1.67. The molecule has 0 fully saturated rings. The topological polar surface area (TPSA) is 17.8 Å². The highest BCUT2D eigenvalue weighted by Gasteiger charge is 2.13. The van der Waals surface area contributed by atoms with Crippen LogP contribution in [0.4, 0.5) is 4.39 Å². The number of aromatic nitrogens is 2. The smallest absolute Gasteiger partial charge is 0.236 e. The molecule has 11 heavy (non-hydrogen) atoms. The lowest BCUT2D eigenvalue weighted by atomic mass is 10.3. The van der Waals surface area contributed by atoms with Crippen molar-refractivity contribution in [2.45, 2.75) is 12.2 Å². The molecule has 2 nitrogen and oxygen atoms in total. The Morgan fingerprint density at radius 1 is 1.82 bits per heavy atom. The zero-order valence-corrected chi connectivity index (χ0v) is 7.99. The van der Waals surface area contributed by atoms with Crippen molar-refractivity contribution in [1.29, 1.82) is 0 Å². The molecule has 0 amide bonds. The first kappa shape index (κ1) is 8.93. The van der Waals surface area contributed by atoms with Crippen molar-refractivity contribution in [3.63, 3.8) is 0 Å². The molecule has 0 aliphatic rings. The van der Waals surface area contributed by atoms with Crippen molar-refractivity contribution in [3.8, 4) is 0 Å². The number of hydrogen-bond acceptors (Lipinski definition) is 3. The van der Waals surface area contributed by atoms with Gasteiger partial charge in [0.15, 0.2) is 0 Å². The van der Waals surface area contributed by atoms with Crippen LogP contribution in [0.3, 0.4) is 0 Å². The zero-order valence-electron chi connectivity index (χ0n) is 6.28. The Bertz CT molecular complexity index is 249. The van der Waals surface area contributed by atoms with Gasteiger partial charge in [-0.3, -0.25) is 4.68 Å². The summed E-state index contributed by atoms with van der Waals surface area (Å²) in [4.78, 5) is 0. The fourth-order valence-electron chi connectivity index (χ4n) is 0.809. The van der Waals surface area contributed by atoms with E-state index in [1.54, 1.807) is 13.2 Å². The number of aryl methyl sites for hydroxylation is 1. The van der Waals surface area contributed by atoms with Gasteiger partial charge in [-0.15, -0.1) is 16.8 Å². The third-order valence-electron chi connectivity index (χ3n) is 1.41. The molecule has 0 bridgehead atoms. The average molecular weight is 192 g/mol. The van der Waals surface area contributed by atoms with E-state index in [4.69, 9.17) is 0 Å². The van der Waals surface area contributed by atoms with Crippen LogP contribution in [0.5, 0.6) is 0 Å². The lowest BCUT2D eigenvalue weighted by Gasteiger charge is -2.01. The normalized spacial score (nSPS) is 13.5. The molecule has 1 aromatic rings. The zero-order chi connectivity index (χ0) is 8.43. The van der Waals surface area contributed by atoms with Gasteiger partial charge in [0, 0.05) is 24.1 Å². The minimum atomic E-state index is -0.401. The van der Waals surface area contributed by atoms with Crippen molar-refractivity contribution in [3.05, 3.63) is 17.7 Å². The van der Waals surface area contributed by atoms with Gasteiger partial charge in [0.2, 0.25) is 5.95 Å². The molecule has 0 aromatic carbocycles. The Kier molecular flexibility index (Phi) is 2.84. The highest BCUT2D eigenvalue weighted by molar-refractivity contribution is 8.68. The lowest BCUT2D eigenvalue weighted by molar-refractivity contribution is 0.545. The van der Waals surface area contributed by atoms with Crippen LogP contribution in [0.25, 0.3) is 0 Å². The van der Waals surface area contributed by atoms with E-state index in [2.05, 4.69) is 16.8 Å². The van der Waals surface area contributed by atoms with Gasteiger partial charge in [-0.25, -0.2) is 0 Å². The molecule has 62 valence electrons. The van der Waals surface area contributed by atoms with Gasteiger partial charge >= 0.3 is 0 Å². The Morgan fingerprint density at radius 2 is 2.45 bits per heavy atom. The Balaban J connectivity index is 2.93. The van der Waals surface area contributed by atoms with Gasteiger partial charge in [0.25, 0.3) is 0 Å². The van der Waals surface area contributed by atoms with Crippen LogP contribution in [0.15, 0.2) is 6.20 Å². The molecule has 1 heterocycles. The number of hydrogen-bond donors (Lipinski definition) is 1. The molecule has 5 heteroatoms. The minimum absolute atomic E-state index is 0.0482. The first-order valence-corrected chi connectivity index (χ1v) is 5.07. The first-order chi connectivity index (χ1) is 5.15. The summed E-state index contributed by atoms with van der Waals surface area (Å²) in [5, 5.41) is 3.63. The summed E-state index contributed by atoms with van der Waals surface area (Å²) in [5.74, 6) is -0.401. The third kappa shape index (κ3) is 1.90. The van der Waals surface area contributed by atoms with Crippen LogP contribution in [0.1, 0.15) is 17.7 Å². The predicted molar refractivity (Wildman–Crippen MR) is 48.2 cm³/mol. The monoisotopic (exact) mass is 192 g/mol. The summed E-state index contributed by atoms with van der Waals surface area (Å²) in [5.41, 5.74) is 0.604. The molecule has 0 aliphatic carbocycles. The van der Waals surface area contributed by atoms with E-state index in [-0.39, 0.29) is 5.25 Å². The molecule has 0 radical (unpaired) electrons. The molecule has 1 rings (SSSR count). The molecule has 1 unspecified atom stereocenters.